The zero-order valence-electron chi connectivity index (χ0n) is 9.23. The Kier molecular flexibility index (Phi) is 3.93. The van der Waals surface area contributed by atoms with E-state index in [1.807, 2.05) is 18.2 Å². The van der Waals surface area contributed by atoms with Gasteiger partial charge in [0.2, 0.25) is 5.95 Å². The van der Waals surface area contributed by atoms with Crippen LogP contribution in [0.4, 0.5) is 11.8 Å². The van der Waals surface area contributed by atoms with Crippen molar-refractivity contribution in [1.82, 2.24) is 9.97 Å². The van der Waals surface area contributed by atoms with E-state index in [9.17, 15) is 0 Å². The number of nitrogens with zero attached hydrogens (tertiary/aromatic N) is 2. The van der Waals surface area contributed by atoms with Crippen LogP contribution in [0.3, 0.4) is 0 Å². The molecule has 0 aliphatic rings. The molecule has 0 spiro atoms. The smallest absolute Gasteiger partial charge is 0.221 e. The summed E-state index contributed by atoms with van der Waals surface area (Å²) < 4.78 is 0.819. The predicted octanol–water partition coefficient (Wildman–Crippen LogP) is 2.48. The molecular formula is C12H13BrN4. The number of anilines is 2. The third-order valence-electron chi connectivity index (χ3n) is 2.31. The van der Waals surface area contributed by atoms with Gasteiger partial charge in [-0.25, -0.2) is 4.98 Å². The van der Waals surface area contributed by atoms with Crippen LogP contribution in [-0.2, 0) is 6.42 Å². The molecule has 1 heterocycles. The lowest BCUT2D eigenvalue weighted by molar-refractivity contribution is 0.998. The summed E-state index contributed by atoms with van der Waals surface area (Å²) in [5.41, 5.74) is 6.82. The first kappa shape index (κ1) is 11.9. The number of rotatable bonds is 4. The summed E-state index contributed by atoms with van der Waals surface area (Å²) in [6.07, 6.45) is 2.59. The van der Waals surface area contributed by atoms with E-state index < -0.39 is 0 Å². The monoisotopic (exact) mass is 292 g/mol. The third kappa shape index (κ3) is 3.42. The molecule has 5 heteroatoms. The Hall–Kier alpha value is -1.62. The quantitative estimate of drug-likeness (QED) is 0.909. The Morgan fingerprint density at radius 3 is 2.76 bits per heavy atom. The lowest BCUT2D eigenvalue weighted by Gasteiger charge is -2.07. The van der Waals surface area contributed by atoms with Crippen LogP contribution >= 0.6 is 15.9 Å². The molecule has 0 aliphatic heterocycles. The van der Waals surface area contributed by atoms with Crippen molar-refractivity contribution in [2.75, 3.05) is 17.6 Å². The number of halogens is 1. The summed E-state index contributed by atoms with van der Waals surface area (Å²) in [7, 11) is 0. The topological polar surface area (TPSA) is 63.8 Å². The number of hydrogen-bond donors (Lipinski definition) is 2. The van der Waals surface area contributed by atoms with Crippen LogP contribution in [0.2, 0.25) is 0 Å². The molecule has 2 aromatic rings. The molecule has 0 atom stereocenters. The van der Waals surface area contributed by atoms with E-state index in [0.717, 1.165) is 23.3 Å². The fourth-order valence-corrected chi connectivity index (χ4v) is 1.81. The van der Waals surface area contributed by atoms with Crippen molar-refractivity contribution in [3.8, 4) is 0 Å². The molecule has 17 heavy (non-hydrogen) atoms. The van der Waals surface area contributed by atoms with Gasteiger partial charge in [-0.3, -0.25) is 0 Å². The van der Waals surface area contributed by atoms with E-state index in [0.29, 0.717) is 0 Å². The number of nitrogens with two attached hydrogens (primary N) is 1. The zero-order chi connectivity index (χ0) is 12.1. The minimum atomic E-state index is 0.274. The summed E-state index contributed by atoms with van der Waals surface area (Å²) in [5.74, 6) is 1.00. The number of nitrogen functional groups attached to an aromatic ring is 1. The first-order valence-electron chi connectivity index (χ1n) is 5.31. The van der Waals surface area contributed by atoms with Gasteiger partial charge in [-0.2, -0.15) is 4.98 Å². The van der Waals surface area contributed by atoms with Gasteiger partial charge in [0.25, 0.3) is 0 Å². The second-order valence-corrected chi connectivity index (χ2v) is 4.44. The van der Waals surface area contributed by atoms with E-state index in [4.69, 9.17) is 5.73 Å². The molecule has 0 saturated heterocycles. The number of nitrogens with one attached hydrogen (secondary N) is 1. The molecular weight excluding hydrogens is 280 g/mol. The molecule has 1 aromatic heterocycles. The Labute approximate surface area is 108 Å². The van der Waals surface area contributed by atoms with Crippen LogP contribution in [0.5, 0.6) is 0 Å². The van der Waals surface area contributed by atoms with E-state index >= 15 is 0 Å². The van der Waals surface area contributed by atoms with E-state index in [1.54, 1.807) is 6.20 Å². The summed E-state index contributed by atoms with van der Waals surface area (Å²) >= 11 is 3.37. The maximum absolute atomic E-state index is 5.53. The molecule has 1 aromatic carbocycles. The summed E-state index contributed by atoms with van der Waals surface area (Å²) in [6, 6.07) is 10.3. The van der Waals surface area contributed by atoms with Gasteiger partial charge in [-0.05, 0) is 27.9 Å². The predicted molar refractivity (Wildman–Crippen MR) is 72.8 cm³/mol. The van der Waals surface area contributed by atoms with Crippen molar-refractivity contribution >= 4 is 27.7 Å². The van der Waals surface area contributed by atoms with Crippen LogP contribution in [0.15, 0.2) is 41.0 Å². The molecule has 4 nitrogen and oxygen atoms in total. The fourth-order valence-electron chi connectivity index (χ4n) is 1.47. The van der Waals surface area contributed by atoms with Gasteiger partial charge in [0.1, 0.15) is 5.82 Å². The zero-order valence-corrected chi connectivity index (χ0v) is 10.8. The molecule has 0 saturated carbocycles. The highest BCUT2D eigenvalue weighted by Gasteiger charge is 2.02. The average Bonchev–Trinajstić information content (AvgIpc) is 2.35. The Bertz CT molecular complexity index is 487. The lowest BCUT2D eigenvalue weighted by atomic mass is 10.1. The SMILES string of the molecule is Nc1ncc(Br)c(NCCc2ccccc2)n1. The molecule has 0 bridgehead atoms. The Morgan fingerprint density at radius 2 is 2.00 bits per heavy atom. The number of benzene rings is 1. The highest BCUT2D eigenvalue weighted by Crippen LogP contribution is 2.18. The standard InChI is InChI=1S/C12H13BrN4/c13-10-8-16-12(14)17-11(10)15-7-6-9-4-2-1-3-5-9/h1-5,8H,6-7H2,(H3,14,15,16,17). The highest BCUT2D eigenvalue weighted by molar-refractivity contribution is 9.10. The van der Waals surface area contributed by atoms with Gasteiger partial charge < -0.3 is 11.1 Å². The molecule has 0 radical (unpaired) electrons. The fraction of sp³-hybridized carbons (Fsp3) is 0.167. The van der Waals surface area contributed by atoms with Crippen LogP contribution in [0.1, 0.15) is 5.56 Å². The molecule has 0 unspecified atom stereocenters. The minimum Gasteiger partial charge on any atom is -0.369 e. The normalized spacial score (nSPS) is 10.2. The van der Waals surface area contributed by atoms with Crippen molar-refractivity contribution in [2.45, 2.75) is 6.42 Å². The van der Waals surface area contributed by atoms with Crippen molar-refractivity contribution in [2.24, 2.45) is 0 Å². The van der Waals surface area contributed by atoms with Gasteiger partial charge in [-0.1, -0.05) is 30.3 Å². The van der Waals surface area contributed by atoms with Crippen LogP contribution in [-0.4, -0.2) is 16.5 Å². The number of aromatic nitrogens is 2. The third-order valence-corrected chi connectivity index (χ3v) is 2.89. The molecule has 88 valence electrons. The maximum atomic E-state index is 5.53. The molecule has 0 fully saturated rings. The molecule has 0 amide bonds. The van der Waals surface area contributed by atoms with Crippen molar-refractivity contribution < 1.29 is 0 Å². The molecule has 2 rings (SSSR count). The summed E-state index contributed by atoms with van der Waals surface area (Å²) in [4.78, 5) is 8.00. The second-order valence-electron chi connectivity index (χ2n) is 3.59. The van der Waals surface area contributed by atoms with Gasteiger partial charge >= 0.3 is 0 Å². The van der Waals surface area contributed by atoms with Crippen molar-refractivity contribution in [1.29, 1.82) is 0 Å². The van der Waals surface area contributed by atoms with E-state index in [-0.39, 0.29) is 5.95 Å². The first-order chi connectivity index (χ1) is 8.25. The van der Waals surface area contributed by atoms with Gasteiger partial charge in [0.15, 0.2) is 0 Å². The van der Waals surface area contributed by atoms with Crippen molar-refractivity contribution in [3.63, 3.8) is 0 Å². The Balaban J connectivity index is 1.92. The summed E-state index contributed by atoms with van der Waals surface area (Å²) in [5, 5.41) is 3.22. The number of hydrogen-bond acceptors (Lipinski definition) is 4. The summed E-state index contributed by atoms with van der Waals surface area (Å²) in [6.45, 7) is 0.805. The average molecular weight is 293 g/mol. The van der Waals surface area contributed by atoms with E-state index in [2.05, 4.69) is 43.3 Å². The van der Waals surface area contributed by atoms with Gasteiger partial charge in [-0.15, -0.1) is 0 Å². The lowest BCUT2D eigenvalue weighted by Crippen LogP contribution is -2.08. The van der Waals surface area contributed by atoms with Crippen molar-refractivity contribution in [3.05, 3.63) is 46.6 Å². The van der Waals surface area contributed by atoms with Crippen LogP contribution in [0.25, 0.3) is 0 Å². The maximum Gasteiger partial charge on any atom is 0.221 e. The second kappa shape index (κ2) is 5.63. The van der Waals surface area contributed by atoms with E-state index in [1.165, 1.54) is 5.56 Å². The molecule has 0 aliphatic carbocycles. The molecule has 3 N–H and O–H groups in total. The van der Waals surface area contributed by atoms with Gasteiger partial charge in [0, 0.05) is 12.7 Å². The largest absolute Gasteiger partial charge is 0.369 e. The van der Waals surface area contributed by atoms with Gasteiger partial charge in [0.05, 0.1) is 4.47 Å². The van der Waals surface area contributed by atoms with Crippen LogP contribution in [0, 0.1) is 0 Å². The van der Waals surface area contributed by atoms with Crippen LogP contribution < -0.4 is 11.1 Å². The highest BCUT2D eigenvalue weighted by atomic mass is 79.9. The first-order valence-corrected chi connectivity index (χ1v) is 6.11. The Morgan fingerprint density at radius 1 is 1.24 bits per heavy atom. The minimum absolute atomic E-state index is 0.274.